The van der Waals surface area contributed by atoms with E-state index < -0.39 is 0 Å². The highest BCUT2D eigenvalue weighted by Crippen LogP contribution is 2.23. The molecule has 26 heavy (non-hydrogen) atoms. The number of carbonyl (C=O) groups excluding carboxylic acids is 1. The molecule has 130 valence electrons. The summed E-state index contributed by atoms with van der Waals surface area (Å²) < 4.78 is 7.09. The van der Waals surface area contributed by atoms with Crippen LogP contribution < -0.4 is 10.5 Å². The third-order valence-electron chi connectivity index (χ3n) is 4.22. The van der Waals surface area contributed by atoms with E-state index in [-0.39, 0.29) is 5.91 Å². The molecule has 0 spiro atoms. The van der Waals surface area contributed by atoms with Crippen LogP contribution in [-0.4, -0.2) is 20.7 Å². The van der Waals surface area contributed by atoms with E-state index in [0.717, 1.165) is 22.2 Å². The molecule has 2 aromatic heterocycles. The summed E-state index contributed by atoms with van der Waals surface area (Å²) in [4.78, 5) is 15.7. The lowest BCUT2D eigenvalue weighted by molar-refractivity contribution is 0.0940. The number of anilines is 1. The van der Waals surface area contributed by atoms with Crippen molar-refractivity contribution in [3.63, 3.8) is 0 Å². The second kappa shape index (κ2) is 6.40. The molecule has 6 heteroatoms. The average molecular weight is 346 g/mol. The van der Waals surface area contributed by atoms with Crippen LogP contribution in [0.4, 0.5) is 5.69 Å². The topological polar surface area (TPSA) is 85.9 Å². The van der Waals surface area contributed by atoms with Gasteiger partial charge in [0, 0.05) is 17.0 Å². The van der Waals surface area contributed by atoms with E-state index in [1.54, 1.807) is 13.0 Å². The summed E-state index contributed by atoms with van der Waals surface area (Å²) >= 11 is 0. The number of hydrogen-bond acceptors (Lipinski definition) is 4. The predicted octanol–water partition coefficient (Wildman–Crippen LogP) is 3.52. The monoisotopic (exact) mass is 346 g/mol. The molecule has 4 rings (SSSR count). The fourth-order valence-electron chi connectivity index (χ4n) is 2.75. The first-order valence-corrected chi connectivity index (χ1v) is 8.26. The summed E-state index contributed by atoms with van der Waals surface area (Å²) in [6.07, 6.45) is 1.53. The van der Waals surface area contributed by atoms with Crippen molar-refractivity contribution in [2.24, 2.45) is 0 Å². The predicted molar refractivity (Wildman–Crippen MR) is 100 cm³/mol. The van der Waals surface area contributed by atoms with Gasteiger partial charge in [0.1, 0.15) is 18.1 Å². The van der Waals surface area contributed by atoms with E-state index in [1.165, 1.54) is 10.9 Å². The Bertz CT molecular complexity index is 1060. The first kappa shape index (κ1) is 16.0. The van der Waals surface area contributed by atoms with Crippen LogP contribution in [0.25, 0.3) is 10.9 Å². The Morgan fingerprint density at radius 3 is 2.73 bits per heavy atom. The van der Waals surface area contributed by atoms with E-state index in [1.807, 2.05) is 48.5 Å². The first-order chi connectivity index (χ1) is 12.6. The molecule has 0 amide bonds. The van der Waals surface area contributed by atoms with Gasteiger partial charge < -0.3 is 15.5 Å². The van der Waals surface area contributed by atoms with Crippen molar-refractivity contribution in [2.75, 3.05) is 5.73 Å². The van der Waals surface area contributed by atoms with Crippen molar-refractivity contribution in [3.05, 3.63) is 77.7 Å². The standard InChI is InChI=1S/C20H18N4O2/c1-13-17(21)11-24(23-13)20(25)19-9-15-7-8-16(10-18(15)22-19)26-12-14-5-3-2-4-6-14/h2-11,22H,12,21H2,1H3. The Kier molecular flexibility index (Phi) is 3.93. The van der Waals surface area contributed by atoms with Crippen LogP contribution in [0, 0.1) is 6.92 Å². The highest BCUT2D eigenvalue weighted by Gasteiger charge is 2.14. The molecule has 0 saturated carbocycles. The molecular formula is C20H18N4O2. The summed E-state index contributed by atoms with van der Waals surface area (Å²) in [5.41, 5.74) is 9.27. The zero-order chi connectivity index (χ0) is 18.1. The molecule has 0 bridgehead atoms. The number of ether oxygens (including phenoxy) is 1. The van der Waals surface area contributed by atoms with Gasteiger partial charge in [0.15, 0.2) is 0 Å². The van der Waals surface area contributed by atoms with Crippen molar-refractivity contribution >= 4 is 22.5 Å². The minimum Gasteiger partial charge on any atom is -0.489 e. The van der Waals surface area contributed by atoms with E-state index in [9.17, 15) is 4.79 Å². The number of rotatable bonds is 4. The normalized spacial score (nSPS) is 11.0. The van der Waals surface area contributed by atoms with Crippen LogP contribution in [0.2, 0.25) is 0 Å². The summed E-state index contributed by atoms with van der Waals surface area (Å²) in [6, 6.07) is 17.5. The number of H-pyrrole nitrogens is 1. The Morgan fingerprint density at radius 2 is 2.00 bits per heavy atom. The number of aryl methyl sites for hydroxylation is 1. The van der Waals surface area contributed by atoms with Crippen LogP contribution in [0.15, 0.2) is 60.8 Å². The van der Waals surface area contributed by atoms with Crippen molar-refractivity contribution < 1.29 is 9.53 Å². The Labute approximate surface area is 150 Å². The molecule has 0 saturated heterocycles. The van der Waals surface area contributed by atoms with Crippen molar-refractivity contribution in [3.8, 4) is 5.75 Å². The number of fused-ring (bicyclic) bond motifs is 1. The lowest BCUT2D eigenvalue weighted by atomic mass is 10.2. The van der Waals surface area contributed by atoms with Crippen LogP contribution in [0.1, 0.15) is 21.7 Å². The molecule has 0 aliphatic heterocycles. The molecule has 2 heterocycles. The molecule has 3 N–H and O–H groups in total. The van der Waals surface area contributed by atoms with Crippen LogP contribution >= 0.6 is 0 Å². The second-order valence-corrected chi connectivity index (χ2v) is 6.13. The van der Waals surface area contributed by atoms with Crippen molar-refractivity contribution in [2.45, 2.75) is 13.5 Å². The van der Waals surface area contributed by atoms with E-state index in [4.69, 9.17) is 10.5 Å². The van der Waals surface area contributed by atoms with Gasteiger partial charge in [0.2, 0.25) is 0 Å². The maximum Gasteiger partial charge on any atom is 0.294 e. The lowest BCUT2D eigenvalue weighted by Crippen LogP contribution is -2.13. The zero-order valence-corrected chi connectivity index (χ0v) is 14.3. The van der Waals surface area contributed by atoms with Gasteiger partial charge >= 0.3 is 0 Å². The molecule has 0 unspecified atom stereocenters. The van der Waals surface area contributed by atoms with E-state index in [2.05, 4.69) is 10.1 Å². The number of hydrogen-bond donors (Lipinski definition) is 2. The molecule has 6 nitrogen and oxygen atoms in total. The average Bonchev–Trinajstić information content (AvgIpc) is 3.23. The fourth-order valence-corrected chi connectivity index (χ4v) is 2.75. The van der Waals surface area contributed by atoms with Gasteiger partial charge in [-0.1, -0.05) is 30.3 Å². The number of nitrogens with zero attached hydrogens (tertiary/aromatic N) is 2. The molecule has 0 atom stereocenters. The first-order valence-electron chi connectivity index (χ1n) is 8.26. The lowest BCUT2D eigenvalue weighted by Gasteiger charge is -2.06. The fraction of sp³-hybridized carbons (Fsp3) is 0.100. The molecule has 0 radical (unpaired) electrons. The van der Waals surface area contributed by atoms with Gasteiger partial charge in [0.25, 0.3) is 5.91 Å². The summed E-state index contributed by atoms with van der Waals surface area (Å²) in [7, 11) is 0. The van der Waals surface area contributed by atoms with Crippen molar-refractivity contribution in [1.29, 1.82) is 0 Å². The largest absolute Gasteiger partial charge is 0.489 e. The number of carbonyl (C=O) groups is 1. The highest BCUT2D eigenvalue weighted by atomic mass is 16.5. The molecule has 0 aliphatic rings. The number of benzene rings is 2. The summed E-state index contributed by atoms with van der Waals surface area (Å²) in [6.45, 7) is 2.26. The Balaban J connectivity index is 1.56. The van der Waals surface area contributed by atoms with Crippen LogP contribution in [-0.2, 0) is 6.61 Å². The SMILES string of the molecule is Cc1nn(C(=O)c2cc3ccc(OCc4ccccc4)cc3[nH]2)cc1N. The Morgan fingerprint density at radius 1 is 1.19 bits per heavy atom. The van der Waals surface area contributed by atoms with Gasteiger partial charge in [-0.25, -0.2) is 4.68 Å². The maximum absolute atomic E-state index is 12.6. The molecule has 4 aromatic rings. The summed E-state index contributed by atoms with van der Waals surface area (Å²) in [5.74, 6) is 0.481. The van der Waals surface area contributed by atoms with E-state index >= 15 is 0 Å². The second-order valence-electron chi connectivity index (χ2n) is 6.13. The molecule has 2 aromatic carbocycles. The Hall–Kier alpha value is -3.54. The number of aromatic nitrogens is 3. The summed E-state index contributed by atoms with van der Waals surface area (Å²) in [5, 5.41) is 5.06. The molecule has 0 fully saturated rings. The number of nitrogens with two attached hydrogens (primary N) is 1. The zero-order valence-electron chi connectivity index (χ0n) is 14.3. The molecule has 0 aliphatic carbocycles. The van der Waals surface area contributed by atoms with Gasteiger partial charge in [-0.05, 0) is 30.7 Å². The van der Waals surface area contributed by atoms with Crippen LogP contribution in [0.5, 0.6) is 5.75 Å². The minimum atomic E-state index is -0.257. The third kappa shape index (κ3) is 3.04. The number of nitrogens with one attached hydrogen (secondary N) is 1. The van der Waals surface area contributed by atoms with Crippen molar-refractivity contribution in [1.82, 2.24) is 14.8 Å². The quantitative estimate of drug-likeness (QED) is 0.592. The maximum atomic E-state index is 12.6. The van der Waals surface area contributed by atoms with Gasteiger partial charge in [-0.2, -0.15) is 5.10 Å². The van der Waals surface area contributed by atoms with E-state index in [0.29, 0.717) is 23.7 Å². The number of nitrogen functional groups attached to an aromatic ring is 1. The number of aromatic amines is 1. The van der Waals surface area contributed by atoms with Crippen LogP contribution in [0.3, 0.4) is 0 Å². The van der Waals surface area contributed by atoms with Gasteiger partial charge in [-0.15, -0.1) is 0 Å². The smallest absolute Gasteiger partial charge is 0.294 e. The minimum absolute atomic E-state index is 0.257. The molecular weight excluding hydrogens is 328 g/mol. The third-order valence-corrected chi connectivity index (χ3v) is 4.22. The van der Waals surface area contributed by atoms with Gasteiger partial charge in [0.05, 0.1) is 17.6 Å². The van der Waals surface area contributed by atoms with Gasteiger partial charge in [-0.3, -0.25) is 4.79 Å². The highest BCUT2D eigenvalue weighted by molar-refractivity contribution is 5.99.